The van der Waals surface area contributed by atoms with Gasteiger partial charge >= 0.3 is 0 Å². The topological polar surface area (TPSA) is 77.2 Å². The number of amides is 1. The van der Waals surface area contributed by atoms with Crippen LogP contribution in [0, 0.1) is 6.92 Å². The van der Waals surface area contributed by atoms with Crippen LogP contribution in [-0.4, -0.2) is 16.0 Å². The van der Waals surface area contributed by atoms with Crippen LogP contribution in [0.5, 0.6) is 5.75 Å². The van der Waals surface area contributed by atoms with E-state index in [-0.39, 0.29) is 5.91 Å². The maximum absolute atomic E-state index is 12.1. The minimum absolute atomic E-state index is 0.260. The first-order chi connectivity index (χ1) is 11.6. The highest BCUT2D eigenvalue weighted by molar-refractivity contribution is 7.09. The minimum atomic E-state index is -0.260. The van der Waals surface area contributed by atoms with Crippen LogP contribution in [0.4, 0.5) is 0 Å². The molecule has 3 aromatic rings. The zero-order valence-electron chi connectivity index (χ0n) is 12.8. The van der Waals surface area contributed by atoms with Crippen LogP contribution in [0.15, 0.2) is 40.2 Å². The summed E-state index contributed by atoms with van der Waals surface area (Å²) in [4.78, 5) is 16.3. The molecule has 2 heterocycles. The molecule has 1 N–H and O–H groups in total. The molecule has 1 amide bonds. The molecule has 0 spiro atoms. The Bertz CT molecular complexity index is 829. The number of benzene rings is 1. The highest BCUT2D eigenvalue weighted by atomic mass is 35.5. The van der Waals surface area contributed by atoms with Gasteiger partial charge in [0.1, 0.15) is 34.5 Å². The highest BCUT2D eigenvalue weighted by Crippen LogP contribution is 2.18. The van der Waals surface area contributed by atoms with E-state index in [0.29, 0.717) is 46.1 Å². The summed E-state index contributed by atoms with van der Waals surface area (Å²) in [6.07, 6.45) is 0. The van der Waals surface area contributed by atoms with Gasteiger partial charge in [-0.1, -0.05) is 16.8 Å². The molecule has 3 rings (SSSR count). The smallest absolute Gasteiger partial charge is 0.271 e. The van der Waals surface area contributed by atoms with Gasteiger partial charge in [-0.3, -0.25) is 4.79 Å². The van der Waals surface area contributed by atoms with Crippen LogP contribution in [0.25, 0.3) is 0 Å². The Balaban J connectivity index is 1.52. The van der Waals surface area contributed by atoms with Gasteiger partial charge in [0.05, 0.1) is 6.54 Å². The Morgan fingerprint density at radius 2 is 2.17 bits per heavy atom. The first kappa shape index (κ1) is 16.5. The van der Waals surface area contributed by atoms with Gasteiger partial charge < -0.3 is 14.6 Å². The first-order valence-corrected chi connectivity index (χ1v) is 8.39. The third-order valence-electron chi connectivity index (χ3n) is 3.07. The lowest BCUT2D eigenvalue weighted by molar-refractivity contribution is 0.0945. The fourth-order valence-electron chi connectivity index (χ4n) is 1.92. The summed E-state index contributed by atoms with van der Waals surface area (Å²) in [5, 5.41) is 9.63. The molecular weight excluding hydrogens is 350 g/mol. The average molecular weight is 364 g/mol. The quantitative estimate of drug-likeness (QED) is 0.724. The van der Waals surface area contributed by atoms with Gasteiger partial charge in [0.15, 0.2) is 0 Å². The number of nitrogens with one attached hydrogen (secondary N) is 1. The Morgan fingerprint density at radius 3 is 2.88 bits per heavy atom. The summed E-state index contributed by atoms with van der Waals surface area (Å²) in [6.45, 7) is 2.39. The number of rotatable bonds is 6. The van der Waals surface area contributed by atoms with Crippen molar-refractivity contribution in [3.63, 3.8) is 0 Å². The van der Waals surface area contributed by atoms with E-state index in [4.69, 9.17) is 20.9 Å². The minimum Gasteiger partial charge on any atom is -0.486 e. The fourth-order valence-corrected chi connectivity index (χ4v) is 2.73. The predicted molar refractivity (Wildman–Crippen MR) is 90.3 cm³/mol. The van der Waals surface area contributed by atoms with Gasteiger partial charge in [0.2, 0.25) is 0 Å². The second-order valence-corrected chi connectivity index (χ2v) is 6.36. The van der Waals surface area contributed by atoms with Gasteiger partial charge in [0, 0.05) is 16.5 Å². The maximum Gasteiger partial charge on any atom is 0.271 e. The highest BCUT2D eigenvalue weighted by Gasteiger charge is 2.12. The van der Waals surface area contributed by atoms with Crippen LogP contribution in [0.2, 0.25) is 5.02 Å². The van der Waals surface area contributed by atoms with Gasteiger partial charge in [-0.15, -0.1) is 11.3 Å². The van der Waals surface area contributed by atoms with Crippen LogP contribution in [0.1, 0.15) is 27.0 Å². The third kappa shape index (κ3) is 4.33. The zero-order chi connectivity index (χ0) is 16.9. The average Bonchev–Trinajstić information content (AvgIpc) is 3.21. The Morgan fingerprint density at radius 1 is 1.38 bits per heavy atom. The molecule has 0 bridgehead atoms. The monoisotopic (exact) mass is 363 g/mol. The molecule has 0 aliphatic rings. The molecule has 0 fully saturated rings. The number of aromatic nitrogens is 2. The molecule has 124 valence electrons. The summed E-state index contributed by atoms with van der Waals surface area (Å²) >= 11 is 7.19. The number of carbonyl (C=O) groups excluding carboxylic acids is 1. The molecule has 0 radical (unpaired) electrons. The van der Waals surface area contributed by atoms with E-state index in [1.807, 2.05) is 0 Å². The molecule has 0 aliphatic carbocycles. The number of nitrogens with zero attached hydrogens (tertiary/aromatic N) is 2. The van der Waals surface area contributed by atoms with Crippen molar-refractivity contribution in [1.82, 2.24) is 15.5 Å². The number of hydrogen-bond acceptors (Lipinski definition) is 6. The molecular formula is C16H14ClN3O3S. The third-order valence-corrected chi connectivity index (χ3v) is 4.14. The largest absolute Gasteiger partial charge is 0.486 e. The van der Waals surface area contributed by atoms with E-state index in [1.165, 1.54) is 11.3 Å². The number of thiazole rings is 1. The summed E-state index contributed by atoms with van der Waals surface area (Å²) in [5.41, 5.74) is 1.03. The van der Waals surface area contributed by atoms with E-state index in [1.54, 1.807) is 42.6 Å². The van der Waals surface area contributed by atoms with Crippen LogP contribution < -0.4 is 10.1 Å². The number of hydrogen-bond donors (Lipinski definition) is 1. The molecule has 2 aromatic heterocycles. The van der Waals surface area contributed by atoms with E-state index < -0.39 is 0 Å². The van der Waals surface area contributed by atoms with Crippen molar-refractivity contribution in [2.45, 2.75) is 20.1 Å². The van der Waals surface area contributed by atoms with Gasteiger partial charge in [-0.2, -0.15) is 0 Å². The standard InChI is InChI=1S/C16H14ClN3O3S/c1-10-6-12(20-23-10)7-18-16(21)14-9-24-15(19-14)8-22-13-4-2-11(17)3-5-13/h2-6,9H,7-8H2,1H3,(H,18,21). The molecule has 0 atom stereocenters. The predicted octanol–water partition coefficient (Wildman–Crippen LogP) is 3.60. The van der Waals surface area contributed by atoms with E-state index in [9.17, 15) is 4.79 Å². The molecule has 24 heavy (non-hydrogen) atoms. The van der Waals surface area contributed by atoms with Crippen molar-refractivity contribution in [2.75, 3.05) is 0 Å². The SMILES string of the molecule is Cc1cc(CNC(=O)c2csc(COc3ccc(Cl)cc3)n2)no1. The Kier molecular flexibility index (Phi) is 5.12. The van der Waals surface area contributed by atoms with Crippen molar-refractivity contribution in [2.24, 2.45) is 0 Å². The van der Waals surface area contributed by atoms with Crippen molar-refractivity contribution in [1.29, 1.82) is 0 Å². The van der Waals surface area contributed by atoms with Gasteiger partial charge in [-0.25, -0.2) is 4.98 Å². The zero-order valence-corrected chi connectivity index (χ0v) is 14.4. The number of ether oxygens (including phenoxy) is 1. The lowest BCUT2D eigenvalue weighted by Crippen LogP contribution is -2.23. The Labute approximate surface area is 147 Å². The summed E-state index contributed by atoms with van der Waals surface area (Å²) < 4.78 is 10.6. The molecule has 8 heteroatoms. The van der Waals surface area contributed by atoms with Gasteiger partial charge in [0.25, 0.3) is 5.91 Å². The fraction of sp³-hybridized carbons (Fsp3) is 0.188. The second kappa shape index (κ2) is 7.46. The number of carbonyl (C=O) groups is 1. The lowest BCUT2D eigenvalue weighted by Gasteiger charge is -2.03. The maximum atomic E-state index is 12.1. The molecule has 6 nitrogen and oxygen atoms in total. The molecule has 0 aliphatic heterocycles. The van der Waals surface area contributed by atoms with E-state index in [0.717, 1.165) is 0 Å². The number of halogens is 1. The van der Waals surface area contributed by atoms with E-state index in [2.05, 4.69) is 15.5 Å². The van der Waals surface area contributed by atoms with Gasteiger partial charge in [-0.05, 0) is 31.2 Å². The molecule has 0 saturated heterocycles. The molecule has 0 saturated carbocycles. The summed E-state index contributed by atoms with van der Waals surface area (Å²) in [6, 6.07) is 8.84. The first-order valence-electron chi connectivity index (χ1n) is 7.13. The van der Waals surface area contributed by atoms with Crippen molar-refractivity contribution >= 4 is 28.8 Å². The summed E-state index contributed by atoms with van der Waals surface area (Å²) in [7, 11) is 0. The van der Waals surface area contributed by atoms with Crippen LogP contribution in [-0.2, 0) is 13.2 Å². The normalized spacial score (nSPS) is 10.6. The summed E-state index contributed by atoms with van der Waals surface area (Å²) in [5.74, 6) is 1.14. The molecule has 1 aromatic carbocycles. The second-order valence-electron chi connectivity index (χ2n) is 4.98. The van der Waals surface area contributed by atoms with Crippen molar-refractivity contribution in [3.05, 3.63) is 62.9 Å². The Hall–Kier alpha value is -2.38. The van der Waals surface area contributed by atoms with Crippen LogP contribution >= 0.6 is 22.9 Å². The molecule has 0 unspecified atom stereocenters. The van der Waals surface area contributed by atoms with Crippen molar-refractivity contribution < 1.29 is 14.1 Å². The number of aryl methyl sites for hydroxylation is 1. The van der Waals surface area contributed by atoms with Crippen LogP contribution in [0.3, 0.4) is 0 Å². The lowest BCUT2D eigenvalue weighted by atomic mass is 10.3. The van der Waals surface area contributed by atoms with E-state index >= 15 is 0 Å². The van der Waals surface area contributed by atoms with Crippen molar-refractivity contribution in [3.8, 4) is 5.75 Å².